The molecule has 0 aliphatic carbocycles. The molecule has 0 atom stereocenters. The Morgan fingerprint density at radius 1 is 1.19 bits per heavy atom. The summed E-state index contributed by atoms with van der Waals surface area (Å²) in [7, 11) is 0. The third-order valence-electron chi connectivity index (χ3n) is 3.25. The molecule has 0 radical (unpaired) electrons. The third kappa shape index (κ3) is 3.60. The molecular weight excluding hydrogens is 266 g/mol. The maximum absolute atomic E-state index is 11.0. The standard InChI is InChI=1S/C17H19NO3/c1-11-5-6-12(16(19)20)9-14(11)21-15-8-7-13(10-18-15)17(2,3)4/h5-10H,1-4H3,(H,19,20). The van der Waals surface area contributed by atoms with Gasteiger partial charge in [0.25, 0.3) is 0 Å². The van der Waals surface area contributed by atoms with Gasteiger partial charge in [0.1, 0.15) is 5.75 Å². The second kappa shape index (κ2) is 5.56. The number of carboxylic acid groups (broad SMARTS) is 1. The van der Waals surface area contributed by atoms with E-state index in [4.69, 9.17) is 9.84 Å². The Labute approximate surface area is 124 Å². The Balaban J connectivity index is 2.26. The van der Waals surface area contributed by atoms with Crippen LogP contribution in [0.3, 0.4) is 0 Å². The van der Waals surface area contributed by atoms with Crippen LogP contribution >= 0.6 is 0 Å². The molecule has 0 spiro atoms. The number of carboxylic acids is 1. The van der Waals surface area contributed by atoms with E-state index < -0.39 is 5.97 Å². The first-order valence-corrected chi connectivity index (χ1v) is 6.76. The van der Waals surface area contributed by atoms with E-state index in [9.17, 15) is 4.79 Å². The molecule has 0 fully saturated rings. The van der Waals surface area contributed by atoms with E-state index in [1.807, 2.05) is 13.0 Å². The summed E-state index contributed by atoms with van der Waals surface area (Å²) in [4.78, 5) is 15.3. The van der Waals surface area contributed by atoms with Crippen LogP contribution in [-0.4, -0.2) is 16.1 Å². The summed E-state index contributed by atoms with van der Waals surface area (Å²) in [6, 6.07) is 8.56. The minimum atomic E-state index is -0.976. The van der Waals surface area contributed by atoms with Crippen LogP contribution in [0.4, 0.5) is 0 Å². The third-order valence-corrected chi connectivity index (χ3v) is 3.25. The number of aromatic nitrogens is 1. The quantitative estimate of drug-likeness (QED) is 0.919. The Morgan fingerprint density at radius 3 is 2.43 bits per heavy atom. The van der Waals surface area contributed by atoms with Gasteiger partial charge in [0.2, 0.25) is 5.88 Å². The molecule has 0 aliphatic heterocycles. The van der Waals surface area contributed by atoms with Crippen molar-refractivity contribution in [3.63, 3.8) is 0 Å². The molecule has 0 amide bonds. The van der Waals surface area contributed by atoms with Crippen molar-refractivity contribution in [1.82, 2.24) is 4.98 Å². The van der Waals surface area contributed by atoms with Gasteiger partial charge in [0.05, 0.1) is 5.56 Å². The Kier molecular flexibility index (Phi) is 3.98. The van der Waals surface area contributed by atoms with E-state index in [0.717, 1.165) is 11.1 Å². The van der Waals surface area contributed by atoms with Crippen LogP contribution in [0.25, 0.3) is 0 Å². The Morgan fingerprint density at radius 2 is 1.90 bits per heavy atom. The van der Waals surface area contributed by atoms with Gasteiger partial charge >= 0.3 is 5.97 Å². The van der Waals surface area contributed by atoms with E-state index in [1.54, 1.807) is 24.4 Å². The van der Waals surface area contributed by atoms with Crippen LogP contribution in [0.2, 0.25) is 0 Å². The maximum Gasteiger partial charge on any atom is 0.335 e. The molecule has 2 rings (SSSR count). The number of ether oxygens (including phenoxy) is 1. The molecule has 4 heteroatoms. The number of nitrogens with zero attached hydrogens (tertiary/aromatic N) is 1. The minimum absolute atomic E-state index is 0.0324. The van der Waals surface area contributed by atoms with Crippen molar-refractivity contribution in [2.75, 3.05) is 0 Å². The van der Waals surface area contributed by atoms with Gasteiger partial charge in [-0.2, -0.15) is 0 Å². The zero-order chi connectivity index (χ0) is 15.6. The number of carbonyl (C=O) groups is 1. The number of aromatic carboxylic acids is 1. The highest BCUT2D eigenvalue weighted by atomic mass is 16.5. The van der Waals surface area contributed by atoms with Crippen molar-refractivity contribution in [2.24, 2.45) is 0 Å². The van der Waals surface area contributed by atoms with Gasteiger partial charge in [0.15, 0.2) is 0 Å². The lowest BCUT2D eigenvalue weighted by molar-refractivity contribution is 0.0696. The van der Waals surface area contributed by atoms with Crippen molar-refractivity contribution in [3.05, 3.63) is 53.2 Å². The molecule has 1 N–H and O–H groups in total. The number of benzene rings is 1. The topological polar surface area (TPSA) is 59.4 Å². The van der Waals surface area contributed by atoms with Crippen LogP contribution in [0.1, 0.15) is 42.3 Å². The van der Waals surface area contributed by atoms with Gasteiger partial charge in [-0.15, -0.1) is 0 Å². The smallest absolute Gasteiger partial charge is 0.335 e. The molecule has 21 heavy (non-hydrogen) atoms. The van der Waals surface area contributed by atoms with Gasteiger partial charge in [-0.3, -0.25) is 0 Å². The number of aryl methyl sites for hydroxylation is 1. The first kappa shape index (κ1) is 15.0. The van der Waals surface area contributed by atoms with E-state index >= 15 is 0 Å². The number of rotatable bonds is 3. The summed E-state index contributed by atoms with van der Waals surface area (Å²) in [5, 5.41) is 9.02. The lowest BCUT2D eigenvalue weighted by atomic mass is 9.88. The van der Waals surface area contributed by atoms with Crippen LogP contribution < -0.4 is 4.74 Å². The van der Waals surface area contributed by atoms with Gasteiger partial charge in [-0.25, -0.2) is 9.78 Å². The van der Waals surface area contributed by atoms with Crippen LogP contribution in [0.15, 0.2) is 36.5 Å². The molecule has 0 saturated carbocycles. The monoisotopic (exact) mass is 285 g/mol. The number of pyridine rings is 1. The minimum Gasteiger partial charge on any atom is -0.478 e. The van der Waals surface area contributed by atoms with Crippen molar-refractivity contribution in [3.8, 4) is 11.6 Å². The first-order chi connectivity index (χ1) is 9.77. The predicted molar refractivity (Wildman–Crippen MR) is 81.1 cm³/mol. The zero-order valence-corrected chi connectivity index (χ0v) is 12.7. The molecule has 0 aliphatic rings. The normalized spacial score (nSPS) is 11.2. The summed E-state index contributed by atoms with van der Waals surface area (Å²) in [6.07, 6.45) is 1.78. The molecular formula is C17H19NO3. The fraction of sp³-hybridized carbons (Fsp3) is 0.294. The predicted octanol–water partition coefficient (Wildman–Crippen LogP) is 4.18. The fourth-order valence-electron chi connectivity index (χ4n) is 1.84. The molecule has 2 aromatic rings. The van der Waals surface area contributed by atoms with Gasteiger partial charge < -0.3 is 9.84 Å². The highest BCUT2D eigenvalue weighted by molar-refractivity contribution is 5.88. The van der Waals surface area contributed by atoms with Crippen molar-refractivity contribution in [1.29, 1.82) is 0 Å². The molecule has 0 saturated heterocycles. The summed E-state index contributed by atoms with van der Waals surface area (Å²) in [5.74, 6) is -0.0181. The fourth-order valence-corrected chi connectivity index (χ4v) is 1.84. The van der Waals surface area contributed by atoms with E-state index in [-0.39, 0.29) is 11.0 Å². The summed E-state index contributed by atoms with van der Waals surface area (Å²) >= 11 is 0. The lowest BCUT2D eigenvalue weighted by Crippen LogP contribution is -2.11. The average Bonchev–Trinajstić information content (AvgIpc) is 2.40. The average molecular weight is 285 g/mol. The van der Waals surface area contributed by atoms with E-state index in [0.29, 0.717) is 11.6 Å². The highest BCUT2D eigenvalue weighted by Crippen LogP contribution is 2.27. The lowest BCUT2D eigenvalue weighted by Gasteiger charge is -2.18. The summed E-state index contributed by atoms with van der Waals surface area (Å²) in [5.41, 5.74) is 2.21. The molecule has 1 aromatic carbocycles. The molecule has 1 aromatic heterocycles. The Bertz CT molecular complexity index is 655. The number of hydrogen-bond donors (Lipinski definition) is 1. The van der Waals surface area contributed by atoms with Crippen molar-refractivity contribution < 1.29 is 14.6 Å². The van der Waals surface area contributed by atoms with Gasteiger partial charge in [-0.1, -0.05) is 32.9 Å². The maximum atomic E-state index is 11.0. The van der Waals surface area contributed by atoms with Crippen LogP contribution in [0.5, 0.6) is 11.6 Å². The summed E-state index contributed by atoms with van der Waals surface area (Å²) < 4.78 is 5.69. The SMILES string of the molecule is Cc1ccc(C(=O)O)cc1Oc1ccc(C(C)(C)C)cn1. The Hall–Kier alpha value is -2.36. The number of hydrogen-bond acceptors (Lipinski definition) is 3. The van der Waals surface area contributed by atoms with Crippen LogP contribution in [0, 0.1) is 6.92 Å². The molecule has 1 heterocycles. The van der Waals surface area contributed by atoms with Gasteiger partial charge in [0, 0.05) is 12.3 Å². The first-order valence-electron chi connectivity index (χ1n) is 6.76. The highest BCUT2D eigenvalue weighted by Gasteiger charge is 2.14. The molecule has 110 valence electrons. The van der Waals surface area contributed by atoms with Gasteiger partial charge in [-0.05, 0) is 35.6 Å². The molecule has 0 bridgehead atoms. The van der Waals surface area contributed by atoms with E-state index in [1.165, 1.54) is 6.07 Å². The van der Waals surface area contributed by atoms with Crippen LogP contribution in [-0.2, 0) is 5.41 Å². The summed E-state index contributed by atoms with van der Waals surface area (Å²) in [6.45, 7) is 8.21. The van der Waals surface area contributed by atoms with Crippen molar-refractivity contribution in [2.45, 2.75) is 33.1 Å². The van der Waals surface area contributed by atoms with Crippen molar-refractivity contribution >= 4 is 5.97 Å². The molecule has 0 unspecified atom stereocenters. The second-order valence-corrected chi connectivity index (χ2v) is 6.02. The van der Waals surface area contributed by atoms with E-state index in [2.05, 4.69) is 25.8 Å². The zero-order valence-electron chi connectivity index (χ0n) is 12.7. The second-order valence-electron chi connectivity index (χ2n) is 6.02. The largest absolute Gasteiger partial charge is 0.478 e. The molecule has 4 nitrogen and oxygen atoms in total.